The van der Waals surface area contributed by atoms with Crippen LogP contribution in [0.3, 0.4) is 0 Å². The molecule has 142 valence electrons. The van der Waals surface area contributed by atoms with Gasteiger partial charge in [0.05, 0.1) is 18.6 Å². The van der Waals surface area contributed by atoms with Crippen molar-refractivity contribution in [1.29, 1.82) is 0 Å². The number of hydrogen-bond donors (Lipinski definition) is 1. The molecular formula is C20H31N5O. The van der Waals surface area contributed by atoms with Gasteiger partial charge in [-0.15, -0.1) is 0 Å². The molecule has 4 rings (SSSR count). The van der Waals surface area contributed by atoms with Crippen molar-refractivity contribution in [3.05, 3.63) is 17.6 Å². The first-order chi connectivity index (χ1) is 12.8. The highest BCUT2D eigenvalue weighted by Crippen LogP contribution is 2.36. The van der Waals surface area contributed by atoms with Crippen molar-refractivity contribution >= 4 is 16.9 Å². The first kappa shape index (κ1) is 17.7. The summed E-state index contributed by atoms with van der Waals surface area (Å²) in [4.78, 5) is 11.7. The van der Waals surface area contributed by atoms with E-state index in [0.29, 0.717) is 6.04 Å². The Kier molecular flexibility index (Phi) is 5.41. The summed E-state index contributed by atoms with van der Waals surface area (Å²) < 4.78 is 7.91. The fraction of sp³-hybridized carbons (Fsp3) is 0.700. The summed E-state index contributed by atoms with van der Waals surface area (Å²) in [6, 6.07) is 0.594. The maximum Gasteiger partial charge on any atom is 0.146 e. The predicted octanol–water partition coefficient (Wildman–Crippen LogP) is 3.30. The Balaban J connectivity index is 1.55. The molecule has 2 aliphatic rings. The van der Waals surface area contributed by atoms with Gasteiger partial charge in [0.1, 0.15) is 17.8 Å². The van der Waals surface area contributed by atoms with Crippen LogP contribution in [-0.2, 0) is 4.74 Å². The lowest BCUT2D eigenvalue weighted by Gasteiger charge is -2.26. The number of ether oxygens (including phenoxy) is 1. The summed E-state index contributed by atoms with van der Waals surface area (Å²) in [7, 11) is 0. The summed E-state index contributed by atoms with van der Waals surface area (Å²) in [6.07, 6.45) is 8.30. The Morgan fingerprint density at radius 2 is 1.88 bits per heavy atom. The van der Waals surface area contributed by atoms with Crippen molar-refractivity contribution in [3.63, 3.8) is 0 Å². The van der Waals surface area contributed by atoms with Crippen LogP contribution >= 0.6 is 0 Å². The second-order valence-corrected chi connectivity index (χ2v) is 7.67. The Hall–Kier alpha value is -1.66. The minimum Gasteiger partial charge on any atom is -0.379 e. The Morgan fingerprint density at radius 1 is 1.12 bits per heavy atom. The van der Waals surface area contributed by atoms with Crippen molar-refractivity contribution in [2.75, 3.05) is 44.7 Å². The molecule has 0 amide bonds. The second-order valence-electron chi connectivity index (χ2n) is 7.67. The minimum absolute atomic E-state index is 0.594. The average Bonchev–Trinajstić information content (AvgIpc) is 2.95. The number of aryl methyl sites for hydroxylation is 1. The maximum atomic E-state index is 5.43. The molecule has 1 N–H and O–H groups in total. The van der Waals surface area contributed by atoms with E-state index < -0.39 is 0 Å². The highest BCUT2D eigenvalue weighted by molar-refractivity contribution is 5.92. The van der Waals surface area contributed by atoms with Gasteiger partial charge in [0, 0.05) is 37.9 Å². The van der Waals surface area contributed by atoms with E-state index >= 15 is 0 Å². The first-order valence-corrected chi connectivity index (χ1v) is 10.1. The third-order valence-electron chi connectivity index (χ3n) is 6.10. The van der Waals surface area contributed by atoms with Crippen molar-refractivity contribution in [2.24, 2.45) is 0 Å². The van der Waals surface area contributed by atoms with Gasteiger partial charge in [-0.3, -0.25) is 4.90 Å². The molecule has 0 radical (unpaired) electrons. The summed E-state index contributed by atoms with van der Waals surface area (Å²) in [5, 5.41) is 4.78. The van der Waals surface area contributed by atoms with E-state index in [1.165, 1.54) is 48.7 Å². The third-order valence-corrected chi connectivity index (χ3v) is 6.10. The largest absolute Gasteiger partial charge is 0.379 e. The second kappa shape index (κ2) is 7.92. The summed E-state index contributed by atoms with van der Waals surface area (Å²) in [6.45, 7) is 10.1. The molecule has 1 saturated carbocycles. The number of nitrogens with zero attached hydrogens (tertiary/aromatic N) is 4. The fourth-order valence-corrected chi connectivity index (χ4v) is 4.50. The van der Waals surface area contributed by atoms with E-state index in [0.717, 1.165) is 50.9 Å². The van der Waals surface area contributed by atoms with Gasteiger partial charge in [0.25, 0.3) is 0 Å². The number of aromatic nitrogens is 3. The van der Waals surface area contributed by atoms with Crippen LogP contribution in [0.25, 0.3) is 11.0 Å². The molecule has 0 aromatic carbocycles. The number of rotatable bonds is 5. The van der Waals surface area contributed by atoms with Crippen molar-refractivity contribution < 1.29 is 4.74 Å². The van der Waals surface area contributed by atoms with Gasteiger partial charge in [-0.25, -0.2) is 9.97 Å². The molecule has 2 aromatic rings. The molecule has 0 atom stereocenters. The SMILES string of the molecule is Cc1c(C)n(C2CCCCC2)c2ncnc(NCCN3CCOCC3)c12. The zero-order valence-corrected chi connectivity index (χ0v) is 16.1. The molecule has 0 unspecified atom stereocenters. The lowest BCUT2D eigenvalue weighted by atomic mass is 9.95. The first-order valence-electron chi connectivity index (χ1n) is 10.1. The number of morpholine rings is 1. The van der Waals surface area contributed by atoms with Gasteiger partial charge in [-0.2, -0.15) is 0 Å². The molecule has 0 spiro atoms. The van der Waals surface area contributed by atoms with Crippen molar-refractivity contribution in [1.82, 2.24) is 19.4 Å². The quantitative estimate of drug-likeness (QED) is 0.890. The molecule has 1 saturated heterocycles. The molecule has 3 heterocycles. The molecule has 0 bridgehead atoms. The van der Waals surface area contributed by atoms with E-state index in [1.807, 2.05) is 0 Å². The normalized spacial score (nSPS) is 19.9. The van der Waals surface area contributed by atoms with Crippen molar-refractivity contribution in [2.45, 2.75) is 52.0 Å². The number of hydrogen-bond acceptors (Lipinski definition) is 5. The summed E-state index contributed by atoms with van der Waals surface area (Å²) in [5.74, 6) is 0.985. The zero-order chi connectivity index (χ0) is 17.9. The molecule has 6 nitrogen and oxygen atoms in total. The van der Waals surface area contributed by atoms with Gasteiger partial charge in [-0.05, 0) is 32.3 Å². The highest BCUT2D eigenvalue weighted by atomic mass is 16.5. The lowest BCUT2D eigenvalue weighted by Crippen LogP contribution is -2.39. The number of fused-ring (bicyclic) bond motifs is 1. The predicted molar refractivity (Wildman–Crippen MR) is 105 cm³/mol. The molecule has 1 aliphatic heterocycles. The van der Waals surface area contributed by atoms with Crippen LogP contribution in [-0.4, -0.2) is 58.8 Å². The molecule has 26 heavy (non-hydrogen) atoms. The maximum absolute atomic E-state index is 5.43. The van der Waals surface area contributed by atoms with E-state index in [-0.39, 0.29) is 0 Å². The Morgan fingerprint density at radius 3 is 2.65 bits per heavy atom. The molecule has 1 aliphatic carbocycles. The van der Waals surface area contributed by atoms with Crippen LogP contribution in [0.4, 0.5) is 5.82 Å². The topological polar surface area (TPSA) is 55.2 Å². The van der Waals surface area contributed by atoms with Crippen LogP contribution in [0, 0.1) is 13.8 Å². The summed E-state index contributed by atoms with van der Waals surface area (Å²) in [5.41, 5.74) is 3.78. The molecule has 2 aromatic heterocycles. The van der Waals surface area contributed by atoms with Crippen LogP contribution in [0.15, 0.2) is 6.33 Å². The van der Waals surface area contributed by atoms with Gasteiger partial charge >= 0.3 is 0 Å². The standard InChI is InChI=1S/C20H31N5O/c1-15-16(2)25(17-6-4-3-5-7-17)20-18(15)19(22-14-23-20)21-8-9-24-10-12-26-13-11-24/h14,17H,3-13H2,1-2H3,(H,21,22,23). The molecule has 6 heteroatoms. The van der Waals surface area contributed by atoms with Crippen LogP contribution in [0.5, 0.6) is 0 Å². The average molecular weight is 358 g/mol. The van der Waals surface area contributed by atoms with Gasteiger partial charge < -0.3 is 14.6 Å². The summed E-state index contributed by atoms with van der Waals surface area (Å²) >= 11 is 0. The minimum atomic E-state index is 0.594. The molecular weight excluding hydrogens is 326 g/mol. The number of anilines is 1. The van der Waals surface area contributed by atoms with E-state index in [4.69, 9.17) is 4.74 Å². The van der Waals surface area contributed by atoms with Gasteiger partial charge in [0.2, 0.25) is 0 Å². The third kappa shape index (κ3) is 3.45. The number of nitrogens with one attached hydrogen (secondary N) is 1. The Labute approximate surface area is 155 Å². The van der Waals surface area contributed by atoms with Crippen LogP contribution in [0.1, 0.15) is 49.4 Å². The van der Waals surface area contributed by atoms with E-state index in [1.54, 1.807) is 6.33 Å². The highest BCUT2D eigenvalue weighted by Gasteiger charge is 2.23. The van der Waals surface area contributed by atoms with Crippen LogP contribution in [0.2, 0.25) is 0 Å². The van der Waals surface area contributed by atoms with E-state index in [9.17, 15) is 0 Å². The van der Waals surface area contributed by atoms with Gasteiger partial charge in [-0.1, -0.05) is 19.3 Å². The van der Waals surface area contributed by atoms with Crippen LogP contribution < -0.4 is 5.32 Å². The lowest BCUT2D eigenvalue weighted by molar-refractivity contribution is 0.0398. The molecule has 2 fully saturated rings. The van der Waals surface area contributed by atoms with Crippen molar-refractivity contribution in [3.8, 4) is 0 Å². The fourth-order valence-electron chi connectivity index (χ4n) is 4.50. The smallest absolute Gasteiger partial charge is 0.146 e. The zero-order valence-electron chi connectivity index (χ0n) is 16.1. The van der Waals surface area contributed by atoms with E-state index in [2.05, 4.69) is 38.6 Å². The van der Waals surface area contributed by atoms with Gasteiger partial charge in [0.15, 0.2) is 0 Å². The monoisotopic (exact) mass is 357 g/mol. The Bertz CT molecular complexity index is 744.